The Balaban J connectivity index is 1.04. The van der Waals surface area contributed by atoms with E-state index in [1.54, 1.807) is 0 Å². The second-order valence-corrected chi connectivity index (χ2v) is 19.0. The smallest absolute Gasteiger partial charge is 0.0805 e. The van der Waals surface area contributed by atoms with Crippen LogP contribution in [0.1, 0.15) is 122 Å². The average molecular weight is 618 g/mol. The molecule has 1 aromatic rings. The van der Waals surface area contributed by atoms with Gasteiger partial charge in [-0.05, 0) is 165 Å². The fourth-order valence-electron chi connectivity index (χ4n) is 14.3. The summed E-state index contributed by atoms with van der Waals surface area (Å²) in [7, 11) is 0. The van der Waals surface area contributed by atoms with Crippen molar-refractivity contribution < 1.29 is 15.3 Å². The van der Waals surface area contributed by atoms with Gasteiger partial charge in [-0.15, -0.1) is 0 Å². The molecular formula is C41H63NO3. The van der Waals surface area contributed by atoms with Crippen LogP contribution in [-0.4, -0.2) is 57.2 Å². The Morgan fingerprint density at radius 2 is 1.69 bits per heavy atom. The normalized spacial score (nSPS) is 52.6. The van der Waals surface area contributed by atoms with Crippen molar-refractivity contribution in [3.8, 4) is 0 Å². The first kappa shape index (κ1) is 31.3. The molecule has 8 rings (SSSR count). The first-order valence-electron chi connectivity index (χ1n) is 19.3. The zero-order chi connectivity index (χ0) is 31.5. The molecule has 2 heterocycles. The van der Waals surface area contributed by atoms with Crippen molar-refractivity contribution in [1.29, 1.82) is 0 Å². The molecule has 5 saturated carbocycles. The monoisotopic (exact) mass is 617 g/mol. The van der Waals surface area contributed by atoms with Crippen LogP contribution in [-0.2, 0) is 6.42 Å². The number of hydrogen-bond acceptors (Lipinski definition) is 4. The Morgan fingerprint density at radius 3 is 2.49 bits per heavy atom. The van der Waals surface area contributed by atoms with E-state index in [-0.39, 0.29) is 29.0 Å². The van der Waals surface area contributed by atoms with E-state index in [1.165, 1.54) is 49.8 Å². The third kappa shape index (κ3) is 4.87. The van der Waals surface area contributed by atoms with Crippen molar-refractivity contribution >= 4 is 0 Å². The van der Waals surface area contributed by atoms with Gasteiger partial charge in [-0.1, -0.05) is 52.0 Å². The van der Waals surface area contributed by atoms with Gasteiger partial charge in [0.2, 0.25) is 0 Å². The van der Waals surface area contributed by atoms with Gasteiger partial charge >= 0.3 is 0 Å². The molecule has 45 heavy (non-hydrogen) atoms. The molecule has 0 bridgehead atoms. The van der Waals surface area contributed by atoms with Gasteiger partial charge in [0.15, 0.2) is 0 Å². The highest BCUT2D eigenvalue weighted by Gasteiger charge is 2.67. The maximum Gasteiger partial charge on any atom is 0.0805 e. The van der Waals surface area contributed by atoms with Gasteiger partial charge in [-0.25, -0.2) is 0 Å². The third-order valence-electron chi connectivity index (χ3n) is 16.3. The van der Waals surface area contributed by atoms with Crippen molar-refractivity contribution in [3.05, 3.63) is 35.4 Å². The lowest BCUT2D eigenvalue weighted by Gasteiger charge is -2.60. The lowest BCUT2D eigenvalue weighted by atomic mass is 9.46. The van der Waals surface area contributed by atoms with Crippen LogP contribution >= 0.6 is 0 Å². The molecule has 3 N–H and O–H groups in total. The van der Waals surface area contributed by atoms with E-state index in [1.807, 2.05) is 0 Å². The average Bonchev–Trinajstić information content (AvgIpc) is 3.57. The number of aliphatic hydroxyl groups is 3. The summed E-state index contributed by atoms with van der Waals surface area (Å²) in [6.45, 7) is 14.1. The van der Waals surface area contributed by atoms with Crippen molar-refractivity contribution in [2.24, 2.45) is 64.1 Å². The van der Waals surface area contributed by atoms with E-state index in [4.69, 9.17) is 0 Å². The van der Waals surface area contributed by atoms with E-state index in [9.17, 15) is 15.3 Å². The molecular weight excluding hydrogens is 554 g/mol. The Kier molecular flexibility index (Phi) is 7.69. The van der Waals surface area contributed by atoms with Gasteiger partial charge in [0.05, 0.1) is 17.8 Å². The molecule has 2 saturated heterocycles. The molecule has 1 aromatic carbocycles. The largest absolute Gasteiger partial charge is 0.393 e. The summed E-state index contributed by atoms with van der Waals surface area (Å²) in [6.07, 6.45) is 13.0. The van der Waals surface area contributed by atoms with E-state index < -0.39 is 5.60 Å². The van der Waals surface area contributed by atoms with Crippen LogP contribution in [0.3, 0.4) is 0 Å². The van der Waals surface area contributed by atoms with E-state index >= 15 is 0 Å². The summed E-state index contributed by atoms with van der Waals surface area (Å²) in [4.78, 5) is 2.71. The van der Waals surface area contributed by atoms with Crippen LogP contribution in [0.2, 0.25) is 0 Å². The number of fused-ring (bicyclic) bond motifs is 8. The molecule has 1 spiro atoms. The van der Waals surface area contributed by atoms with Gasteiger partial charge < -0.3 is 15.3 Å². The molecule has 0 unspecified atom stereocenters. The minimum Gasteiger partial charge on any atom is -0.393 e. The predicted molar refractivity (Wildman–Crippen MR) is 181 cm³/mol. The maximum absolute atomic E-state index is 12.1. The predicted octanol–water partition coefficient (Wildman–Crippen LogP) is 7.44. The van der Waals surface area contributed by atoms with Gasteiger partial charge in [0, 0.05) is 19.1 Å². The highest BCUT2D eigenvalue weighted by Crippen LogP contribution is 2.70. The topological polar surface area (TPSA) is 63.9 Å². The fraction of sp³-hybridized carbons (Fsp3) is 0.854. The number of aliphatic hydroxyl groups excluding tert-OH is 2. The maximum atomic E-state index is 12.1. The molecule has 0 amide bonds. The first-order valence-corrected chi connectivity index (χ1v) is 19.3. The Morgan fingerprint density at radius 1 is 0.867 bits per heavy atom. The number of nitrogens with zero attached hydrogens (tertiary/aromatic N) is 1. The zero-order valence-corrected chi connectivity index (χ0v) is 29.0. The molecule has 0 aromatic heterocycles. The van der Waals surface area contributed by atoms with E-state index in [2.05, 4.69) is 63.8 Å². The van der Waals surface area contributed by atoms with Crippen LogP contribution in [0.4, 0.5) is 0 Å². The van der Waals surface area contributed by atoms with Crippen LogP contribution in [0.15, 0.2) is 24.3 Å². The first-order chi connectivity index (χ1) is 21.4. The summed E-state index contributed by atoms with van der Waals surface area (Å²) >= 11 is 0. The SMILES string of the molecule is CC(C)c1cccc(C[C@@H]2CC[C@@]3(C2)C[C@]2(C)[C@@H]4C[C@H]5[C@H](CC[C@@H]6[C@H]5CN5C[C@H](C)CC[C@@H]5[C@@]6(C)O)[C@@H]4C[C@H](O)[C@@H]2C[C@H]3O)c1. The summed E-state index contributed by atoms with van der Waals surface area (Å²) < 4.78 is 0. The van der Waals surface area contributed by atoms with Crippen molar-refractivity contribution in [1.82, 2.24) is 4.90 Å². The number of rotatable bonds is 3. The molecule has 15 atom stereocenters. The molecule has 2 aliphatic heterocycles. The van der Waals surface area contributed by atoms with Crippen LogP contribution in [0.5, 0.6) is 0 Å². The molecule has 0 radical (unpaired) electrons. The summed E-state index contributed by atoms with van der Waals surface area (Å²) in [5.74, 6) is 5.79. The molecule has 7 aliphatic rings. The standard InChI is InChI=1S/C41H63NO3/c1-24(2)28-8-6-7-26(16-28)15-27-13-14-41(20-27)23-39(4)34-17-30-29(31(34)18-36(43)35(39)19-38(41)44)10-11-33-32(30)22-42-21-25(3)9-12-37(42)40(33,5)45/h6-8,16,24-25,27,29-38,43-45H,9-15,17-23H2,1-5H3/t25-,27+,29+,30+,31+,32+,33-,34-,35+,36+,37-,38-,39-,40+,41-/m1/s1. The van der Waals surface area contributed by atoms with Gasteiger partial charge in [0.25, 0.3) is 0 Å². The minimum atomic E-state index is -0.583. The van der Waals surface area contributed by atoms with Gasteiger partial charge in [-0.3, -0.25) is 4.90 Å². The van der Waals surface area contributed by atoms with Crippen LogP contribution < -0.4 is 0 Å². The molecule has 4 nitrogen and oxygen atoms in total. The van der Waals surface area contributed by atoms with Crippen LogP contribution in [0.25, 0.3) is 0 Å². The quantitative estimate of drug-likeness (QED) is 0.330. The molecule has 5 aliphatic carbocycles. The molecule has 4 heteroatoms. The second-order valence-electron chi connectivity index (χ2n) is 19.0. The second kappa shape index (κ2) is 11.0. The lowest BCUT2D eigenvalue weighted by Crippen LogP contribution is -2.67. The summed E-state index contributed by atoms with van der Waals surface area (Å²) in [5, 5.41) is 35.8. The lowest BCUT2D eigenvalue weighted by molar-refractivity contribution is -0.180. The van der Waals surface area contributed by atoms with Gasteiger partial charge in [0.1, 0.15) is 0 Å². The minimum absolute atomic E-state index is 0.00908. The number of hydrogen-bond donors (Lipinski definition) is 3. The molecule has 7 fully saturated rings. The Bertz CT molecular complexity index is 1260. The van der Waals surface area contributed by atoms with Crippen LogP contribution in [0, 0.1) is 64.1 Å². The third-order valence-corrected chi connectivity index (χ3v) is 16.3. The highest BCUT2D eigenvalue weighted by molar-refractivity contribution is 5.26. The van der Waals surface area contributed by atoms with E-state index in [0.29, 0.717) is 53.4 Å². The summed E-state index contributed by atoms with van der Waals surface area (Å²) in [5.41, 5.74) is 2.43. The van der Waals surface area contributed by atoms with Gasteiger partial charge in [-0.2, -0.15) is 0 Å². The van der Waals surface area contributed by atoms with Crippen molar-refractivity contribution in [3.63, 3.8) is 0 Å². The Labute approximate surface area is 273 Å². The highest BCUT2D eigenvalue weighted by atomic mass is 16.3. The zero-order valence-electron chi connectivity index (χ0n) is 29.0. The number of piperidine rings is 2. The van der Waals surface area contributed by atoms with E-state index in [0.717, 1.165) is 57.4 Å². The summed E-state index contributed by atoms with van der Waals surface area (Å²) in [6, 6.07) is 9.58. The molecule has 250 valence electrons. The number of benzene rings is 1. The fourth-order valence-corrected chi connectivity index (χ4v) is 14.3. The van der Waals surface area contributed by atoms with Crippen molar-refractivity contribution in [2.45, 2.75) is 141 Å². The van der Waals surface area contributed by atoms with Crippen molar-refractivity contribution in [2.75, 3.05) is 13.1 Å². The Hall–Kier alpha value is -0.940.